The Morgan fingerprint density at radius 1 is 1.17 bits per heavy atom. The van der Waals surface area contributed by atoms with Crippen LogP contribution in [0, 0.1) is 6.92 Å². The number of hydrogen-bond acceptors (Lipinski definition) is 3. The van der Waals surface area contributed by atoms with Gasteiger partial charge in [0.2, 0.25) is 5.91 Å². The lowest BCUT2D eigenvalue weighted by Crippen LogP contribution is -2.42. The van der Waals surface area contributed by atoms with Crippen molar-refractivity contribution < 1.29 is 9.53 Å². The van der Waals surface area contributed by atoms with Crippen LogP contribution >= 0.6 is 0 Å². The van der Waals surface area contributed by atoms with E-state index in [1.54, 1.807) is 0 Å². The number of carbonyl (C=O) groups excluding carboxylic acids is 1. The van der Waals surface area contributed by atoms with Crippen LogP contribution in [0.25, 0.3) is 0 Å². The van der Waals surface area contributed by atoms with Gasteiger partial charge in [-0.3, -0.25) is 4.79 Å². The summed E-state index contributed by atoms with van der Waals surface area (Å²) >= 11 is 0. The molecule has 1 aliphatic rings. The van der Waals surface area contributed by atoms with Crippen molar-refractivity contribution in [2.45, 2.75) is 31.5 Å². The van der Waals surface area contributed by atoms with Crippen LogP contribution in [0.3, 0.4) is 0 Å². The summed E-state index contributed by atoms with van der Waals surface area (Å²) in [7, 11) is 0. The highest BCUT2D eigenvalue weighted by molar-refractivity contribution is 5.83. The average molecular weight is 310 g/mol. The van der Waals surface area contributed by atoms with E-state index < -0.39 is 6.04 Å². The second-order valence-corrected chi connectivity index (χ2v) is 5.99. The fourth-order valence-corrected chi connectivity index (χ4v) is 2.91. The molecule has 3 atom stereocenters. The zero-order valence-electron chi connectivity index (χ0n) is 13.2. The van der Waals surface area contributed by atoms with Crippen molar-refractivity contribution in [3.8, 4) is 0 Å². The topological polar surface area (TPSA) is 64.4 Å². The van der Waals surface area contributed by atoms with Gasteiger partial charge in [0, 0.05) is 6.61 Å². The molecule has 1 heterocycles. The molecule has 0 bridgehead atoms. The van der Waals surface area contributed by atoms with E-state index in [9.17, 15) is 4.79 Å². The monoisotopic (exact) mass is 310 g/mol. The van der Waals surface area contributed by atoms with Gasteiger partial charge in [0.15, 0.2) is 0 Å². The summed E-state index contributed by atoms with van der Waals surface area (Å²) in [5, 5.41) is 3.05. The first-order valence-corrected chi connectivity index (χ1v) is 7.94. The molecule has 3 N–H and O–H groups in total. The highest BCUT2D eigenvalue weighted by Gasteiger charge is 2.32. The quantitative estimate of drug-likeness (QED) is 0.912. The van der Waals surface area contributed by atoms with E-state index in [1.807, 2.05) is 61.5 Å². The van der Waals surface area contributed by atoms with Gasteiger partial charge in [-0.1, -0.05) is 60.2 Å². The van der Waals surface area contributed by atoms with Gasteiger partial charge in [-0.25, -0.2) is 0 Å². The van der Waals surface area contributed by atoms with Gasteiger partial charge in [-0.05, 0) is 24.5 Å². The van der Waals surface area contributed by atoms with Crippen molar-refractivity contribution >= 4 is 5.91 Å². The minimum Gasteiger partial charge on any atom is -0.371 e. The number of nitrogens with one attached hydrogen (secondary N) is 1. The first-order chi connectivity index (χ1) is 11.1. The van der Waals surface area contributed by atoms with Gasteiger partial charge in [-0.15, -0.1) is 0 Å². The van der Waals surface area contributed by atoms with Crippen LogP contribution < -0.4 is 11.1 Å². The summed E-state index contributed by atoms with van der Waals surface area (Å²) in [6.45, 7) is 2.65. The summed E-state index contributed by atoms with van der Waals surface area (Å²) in [4.78, 5) is 12.5. The molecule has 23 heavy (non-hydrogen) atoms. The Balaban J connectivity index is 1.68. The van der Waals surface area contributed by atoms with Gasteiger partial charge in [0.05, 0.1) is 6.04 Å². The second-order valence-electron chi connectivity index (χ2n) is 5.99. The number of rotatable bonds is 4. The molecule has 3 rings (SSSR count). The highest BCUT2D eigenvalue weighted by atomic mass is 16.5. The van der Waals surface area contributed by atoms with Crippen LogP contribution in [0.5, 0.6) is 0 Å². The number of carbonyl (C=O) groups is 1. The first kappa shape index (κ1) is 15.7. The molecule has 0 radical (unpaired) electrons. The number of hydrogen-bond donors (Lipinski definition) is 2. The fraction of sp³-hybridized carbons (Fsp3) is 0.316. The van der Waals surface area contributed by atoms with E-state index in [1.165, 1.54) is 0 Å². The third-order valence-electron chi connectivity index (χ3n) is 4.27. The average Bonchev–Trinajstić information content (AvgIpc) is 3.04. The van der Waals surface area contributed by atoms with E-state index in [4.69, 9.17) is 10.5 Å². The zero-order valence-corrected chi connectivity index (χ0v) is 13.2. The van der Waals surface area contributed by atoms with Gasteiger partial charge in [-0.2, -0.15) is 0 Å². The number of amides is 1. The number of aryl methyl sites for hydroxylation is 1. The molecule has 4 heteroatoms. The van der Waals surface area contributed by atoms with E-state index in [0.717, 1.165) is 23.1 Å². The van der Waals surface area contributed by atoms with Crippen molar-refractivity contribution in [3.05, 3.63) is 71.3 Å². The third kappa shape index (κ3) is 3.60. The van der Waals surface area contributed by atoms with Crippen LogP contribution in [0.2, 0.25) is 0 Å². The molecule has 1 fully saturated rings. The summed E-state index contributed by atoms with van der Waals surface area (Å²) in [5.41, 5.74) is 9.15. The molecule has 2 aromatic rings. The molecule has 0 aromatic heterocycles. The molecule has 4 nitrogen and oxygen atoms in total. The maximum atomic E-state index is 12.5. The van der Waals surface area contributed by atoms with Crippen LogP contribution in [0.4, 0.5) is 0 Å². The smallest absolute Gasteiger partial charge is 0.241 e. The van der Waals surface area contributed by atoms with Crippen LogP contribution in [0.1, 0.15) is 35.3 Å². The molecular weight excluding hydrogens is 288 g/mol. The molecule has 0 spiro atoms. The summed E-state index contributed by atoms with van der Waals surface area (Å²) in [6, 6.07) is 17.0. The molecule has 3 unspecified atom stereocenters. The number of benzene rings is 2. The van der Waals surface area contributed by atoms with Crippen molar-refractivity contribution in [3.63, 3.8) is 0 Å². The standard InChI is InChI=1S/C19H22N2O2/c1-13-7-9-14(10-8-13)17(20)19(22)21-16-11-12-23-18(16)15-5-3-2-4-6-15/h2-10,16-18H,11-12,20H2,1H3,(H,21,22). The lowest BCUT2D eigenvalue weighted by molar-refractivity contribution is -0.123. The molecule has 1 amide bonds. The highest BCUT2D eigenvalue weighted by Crippen LogP contribution is 2.29. The summed E-state index contributed by atoms with van der Waals surface area (Å²) in [5.74, 6) is -0.162. The summed E-state index contributed by atoms with van der Waals surface area (Å²) < 4.78 is 5.80. The van der Waals surface area contributed by atoms with Gasteiger partial charge < -0.3 is 15.8 Å². The zero-order chi connectivity index (χ0) is 16.2. The second kappa shape index (κ2) is 6.94. The fourth-order valence-electron chi connectivity index (χ4n) is 2.91. The molecule has 0 aliphatic carbocycles. The molecule has 120 valence electrons. The van der Waals surface area contributed by atoms with Gasteiger partial charge in [0.1, 0.15) is 12.1 Å². The predicted molar refractivity (Wildman–Crippen MR) is 89.8 cm³/mol. The predicted octanol–water partition coefficient (Wildman–Crippen LogP) is 2.64. The lowest BCUT2D eigenvalue weighted by Gasteiger charge is -2.22. The lowest BCUT2D eigenvalue weighted by atomic mass is 10.0. The minimum absolute atomic E-state index is 0.0404. The maximum absolute atomic E-state index is 12.5. The minimum atomic E-state index is -0.660. The van der Waals surface area contributed by atoms with E-state index in [-0.39, 0.29) is 18.1 Å². The Morgan fingerprint density at radius 2 is 1.87 bits per heavy atom. The van der Waals surface area contributed by atoms with Crippen molar-refractivity contribution in [1.29, 1.82) is 0 Å². The van der Waals surface area contributed by atoms with Crippen molar-refractivity contribution in [1.82, 2.24) is 5.32 Å². The molecule has 1 aliphatic heterocycles. The largest absolute Gasteiger partial charge is 0.371 e. The Morgan fingerprint density at radius 3 is 2.57 bits per heavy atom. The van der Waals surface area contributed by atoms with E-state index >= 15 is 0 Å². The van der Waals surface area contributed by atoms with Gasteiger partial charge in [0.25, 0.3) is 0 Å². The Labute approximate surface area is 136 Å². The maximum Gasteiger partial charge on any atom is 0.241 e. The van der Waals surface area contributed by atoms with E-state index in [0.29, 0.717) is 6.61 Å². The molecule has 1 saturated heterocycles. The Hall–Kier alpha value is -2.17. The Bertz CT molecular complexity index is 655. The first-order valence-electron chi connectivity index (χ1n) is 7.94. The van der Waals surface area contributed by atoms with Crippen LogP contribution in [-0.2, 0) is 9.53 Å². The SMILES string of the molecule is Cc1ccc(C(N)C(=O)NC2CCOC2c2ccccc2)cc1. The van der Waals surface area contributed by atoms with Crippen molar-refractivity contribution in [2.75, 3.05) is 6.61 Å². The van der Waals surface area contributed by atoms with Crippen molar-refractivity contribution in [2.24, 2.45) is 5.73 Å². The molecular formula is C19H22N2O2. The Kier molecular flexibility index (Phi) is 4.74. The number of nitrogens with two attached hydrogens (primary N) is 1. The number of ether oxygens (including phenoxy) is 1. The van der Waals surface area contributed by atoms with Gasteiger partial charge >= 0.3 is 0 Å². The third-order valence-corrected chi connectivity index (χ3v) is 4.27. The summed E-state index contributed by atoms with van der Waals surface area (Å²) in [6.07, 6.45) is 0.691. The molecule has 2 aromatic carbocycles. The van der Waals surface area contributed by atoms with E-state index in [2.05, 4.69) is 5.32 Å². The van der Waals surface area contributed by atoms with Crippen LogP contribution in [0.15, 0.2) is 54.6 Å². The normalized spacial score (nSPS) is 21.8. The van der Waals surface area contributed by atoms with Crippen LogP contribution in [-0.4, -0.2) is 18.6 Å². The molecule has 0 saturated carbocycles.